The molecule has 13 aromatic carbocycles. The van der Waals surface area contributed by atoms with Gasteiger partial charge in [0.05, 0.1) is 28.4 Å². The third kappa shape index (κ3) is 5.65. The fraction of sp³-hybridized carbons (Fsp3) is 0. The van der Waals surface area contributed by atoms with Crippen molar-refractivity contribution in [3.05, 3.63) is 255 Å². The molecule has 0 unspecified atom stereocenters. The van der Waals surface area contributed by atoms with Gasteiger partial charge in [0.25, 0.3) is 6.71 Å². The number of hydrogen-bond donors (Lipinski definition) is 0. The molecule has 15 rings (SSSR count). The van der Waals surface area contributed by atoms with Gasteiger partial charge in [-0.05, 0) is 85.1 Å². The smallest absolute Gasteiger partial charge is 0.252 e. The maximum Gasteiger partial charge on any atom is 0.252 e. The first kappa shape index (κ1) is 38.9. The van der Waals surface area contributed by atoms with Gasteiger partial charge in [0.15, 0.2) is 0 Å². The molecule has 0 spiro atoms. The third-order valence-electron chi connectivity index (χ3n) is 15.1. The van der Waals surface area contributed by atoms with Gasteiger partial charge in [0.2, 0.25) is 0 Å². The Kier molecular flexibility index (Phi) is 8.45. The van der Waals surface area contributed by atoms with Gasteiger partial charge in [0.1, 0.15) is 0 Å². The summed E-state index contributed by atoms with van der Waals surface area (Å²) >= 11 is 0. The molecule has 2 heterocycles. The first-order valence-electron chi connectivity index (χ1n) is 24.3. The number of anilines is 9. The second kappa shape index (κ2) is 15.2. The Morgan fingerprint density at radius 1 is 0.271 bits per heavy atom. The maximum absolute atomic E-state index is 2.62. The summed E-state index contributed by atoms with van der Waals surface area (Å²) in [6.45, 7) is -0.0840. The fourth-order valence-corrected chi connectivity index (χ4v) is 12.2. The van der Waals surface area contributed by atoms with E-state index in [1.54, 1.807) is 0 Å². The van der Waals surface area contributed by atoms with Crippen LogP contribution in [0.5, 0.6) is 0 Å². The second-order valence-electron chi connectivity index (χ2n) is 18.8. The molecule has 13 aromatic rings. The lowest BCUT2D eigenvalue weighted by Gasteiger charge is -2.46. The molecule has 0 aliphatic carbocycles. The molecule has 2 aliphatic rings. The van der Waals surface area contributed by atoms with E-state index in [2.05, 4.69) is 269 Å². The van der Waals surface area contributed by atoms with Crippen LogP contribution >= 0.6 is 0 Å². The largest absolute Gasteiger partial charge is 0.310 e. The number of rotatable bonds is 5. The van der Waals surface area contributed by atoms with Gasteiger partial charge in [-0.25, -0.2) is 0 Å². The number of fused-ring (bicyclic) bond motifs is 12. The van der Waals surface area contributed by atoms with Crippen molar-refractivity contribution in [1.29, 1.82) is 0 Å². The van der Waals surface area contributed by atoms with Crippen LogP contribution in [-0.2, 0) is 0 Å². The highest BCUT2D eigenvalue weighted by molar-refractivity contribution is 7.01. The van der Waals surface area contributed by atoms with Gasteiger partial charge in [-0.3, -0.25) is 0 Å². The molecule has 0 saturated heterocycles. The SMILES string of the molecule is c1ccc2c(N(c3cc4c5c(c3)N(c3cccc6ccccc36)c3c(ccc6ccccc36)B5c3ccc5ccccc5c3N4c3cccc4ccccc34)c3cccc4ccccc34)cccc2c1. The van der Waals surface area contributed by atoms with Crippen LogP contribution in [-0.4, -0.2) is 6.71 Å². The molecule has 3 nitrogen and oxygen atoms in total. The molecule has 4 heteroatoms. The van der Waals surface area contributed by atoms with E-state index in [4.69, 9.17) is 0 Å². The van der Waals surface area contributed by atoms with E-state index >= 15 is 0 Å². The summed E-state index contributed by atoms with van der Waals surface area (Å²) in [5.74, 6) is 0. The molecular formula is C66H42BN3. The molecule has 2 aliphatic heterocycles. The lowest BCUT2D eigenvalue weighted by molar-refractivity contribution is 1.25. The quantitative estimate of drug-likeness (QED) is 0.159. The molecule has 0 aromatic heterocycles. The molecule has 0 N–H and O–H groups in total. The summed E-state index contributed by atoms with van der Waals surface area (Å²) in [4.78, 5) is 7.78. The molecule has 0 radical (unpaired) electrons. The molecule has 0 atom stereocenters. The first-order valence-corrected chi connectivity index (χ1v) is 24.3. The van der Waals surface area contributed by atoms with Crippen molar-refractivity contribution in [1.82, 2.24) is 0 Å². The Bertz CT molecular complexity index is 4020. The topological polar surface area (TPSA) is 9.72 Å². The zero-order chi connectivity index (χ0) is 45.9. The van der Waals surface area contributed by atoms with Crippen LogP contribution in [0.25, 0.3) is 64.6 Å². The van der Waals surface area contributed by atoms with Crippen molar-refractivity contribution >= 4 is 139 Å². The Balaban J connectivity index is 1.16. The summed E-state index contributed by atoms with van der Waals surface area (Å²) in [5, 5.41) is 14.5. The van der Waals surface area contributed by atoms with Gasteiger partial charge in [-0.2, -0.15) is 0 Å². The van der Waals surface area contributed by atoms with E-state index in [0.29, 0.717) is 0 Å². The normalized spacial score (nSPS) is 12.8. The molecule has 0 saturated carbocycles. The van der Waals surface area contributed by atoms with Gasteiger partial charge in [-0.15, -0.1) is 0 Å². The van der Waals surface area contributed by atoms with Crippen molar-refractivity contribution in [3.8, 4) is 0 Å². The van der Waals surface area contributed by atoms with Crippen LogP contribution in [0.2, 0.25) is 0 Å². The summed E-state index contributed by atoms with van der Waals surface area (Å²) in [7, 11) is 0. The number of nitrogens with zero attached hydrogens (tertiary/aromatic N) is 3. The van der Waals surface area contributed by atoms with Gasteiger partial charge in [-0.1, -0.05) is 218 Å². The summed E-state index contributed by atoms with van der Waals surface area (Å²) in [6.07, 6.45) is 0. The van der Waals surface area contributed by atoms with Crippen LogP contribution in [0.1, 0.15) is 0 Å². The lowest BCUT2D eigenvalue weighted by atomic mass is 9.33. The highest BCUT2D eigenvalue weighted by Crippen LogP contribution is 2.53. The lowest BCUT2D eigenvalue weighted by Crippen LogP contribution is -2.61. The summed E-state index contributed by atoms with van der Waals surface area (Å²) in [5.41, 5.74) is 14.2. The average molecular weight is 888 g/mol. The van der Waals surface area contributed by atoms with E-state index in [1.165, 1.54) is 92.4 Å². The Morgan fingerprint density at radius 2 is 0.600 bits per heavy atom. The number of hydrogen-bond acceptors (Lipinski definition) is 3. The predicted molar refractivity (Wildman–Crippen MR) is 300 cm³/mol. The standard InChI is InChI=1S/C66H42BN3/c1-7-27-50-43(17-1)23-13-33-58(50)68(59-34-14-24-44-18-2-8-28-51(44)59)49-41-62-64-63(42-49)70(61-36-16-26-46-20-4-10-30-53(46)61)66-55-32-12-6-22-48(55)38-40-57(66)67(64)56-39-37-47-21-5-11-31-54(47)65(56)69(62)60-35-15-25-45-19-3-9-29-52(45)60/h1-42H. The van der Waals surface area contributed by atoms with Crippen LogP contribution in [0, 0.1) is 0 Å². The van der Waals surface area contributed by atoms with Crippen molar-refractivity contribution < 1.29 is 0 Å². The van der Waals surface area contributed by atoms with Crippen LogP contribution in [0.3, 0.4) is 0 Å². The van der Waals surface area contributed by atoms with Gasteiger partial charge < -0.3 is 14.7 Å². The summed E-state index contributed by atoms with van der Waals surface area (Å²) in [6, 6.07) is 94.9. The monoisotopic (exact) mass is 887 g/mol. The highest BCUT2D eigenvalue weighted by atomic mass is 15.2. The van der Waals surface area contributed by atoms with Gasteiger partial charge in [0, 0.05) is 55.1 Å². The minimum Gasteiger partial charge on any atom is -0.310 e. The second-order valence-corrected chi connectivity index (χ2v) is 18.8. The molecule has 70 heavy (non-hydrogen) atoms. The first-order chi connectivity index (χ1) is 34.8. The Morgan fingerprint density at radius 3 is 1.03 bits per heavy atom. The van der Waals surface area contributed by atoms with E-state index in [0.717, 1.165) is 39.8 Å². The van der Waals surface area contributed by atoms with E-state index in [9.17, 15) is 0 Å². The molecule has 0 amide bonds. The fourth-order valence-electron chi connectivity index (χ4n) is 12.2. The maximum atomic E-state index is 2.62. The van der Waals surface area contributed by atoms with Crippen molar-refractivity contribution in [3.63, 3.8) is 0 Å². The average Bonchev–Trinajstić information content (AvgIpc) is 3.43. The van der Waals surface area contributed by atoms with Crippen LogP contribution in [0.4, 0.5) is 51.2 Å². The van der Waals surface area contributed by atoms with E-state index in [-0.39, 0.29) is 6.71 Å². The molecule has 0 bridgehead atoms. The Hall–Kier alpha value is -9.12. The molecule has 324 valence electrons. The minimum atomic E-state index is -0.0840. The third-order valence-corrected chi connectivity index (χ3v) is 15.1. The zero-order valence-electron chi connectivity index (χ0n) is 38.2. The Labute approximate surface area is 406 Å². The predicted octanol–water partition coefficient (Wildman–Crippen LogP) is 16.2. The molecule has 0 fully saturated rings. The van der Waals surface area contributed by atoms with Crippen molar-refractivity contribution in [2.45, 2.75) is 0 Å². The van der Waals surface area contributed by atoms with E-state index in [1.807, 2.05) is 0 Å². The van der Waals surface area contributed by atoms with Crippen LogP contribution < -0.4 is 31.1 Å². The minimum absolute atomic E-state index is 0.0840. The van der Waals surface area contributed by atoms with E-state index < -0.39 is 0 Å². The van der Waals surface area contributed by atoms with Gasteiger partial charge >= 0.3 is 0 Å². The zero-order valence-corrected chi connectivity index (χ0v) is 38.2. The molecular weight excluding hydrogens is 846 g/mol. The number of benzene rings is 13. The van der Waals surface area contributed by atoms with Crippen molar-refractivity contribution in [2.75, 3.05) is 14.7 Å². The van der Waals surface area contributed by atoms with Crippen LogP contribution in [0.15, 0.2) is 255 Å². The summed E-state index contributed by atoms with van der Waals surface area (Å²) < 4.78 is 0. The highest BCUT2D eigenvalue weighted by Gasteiger charge is 2.45. The van der Waals surface area contributed by atoms with Crippen molar-refractivity contribution in [2.24, 2.45) is 0 Å².